The lowest BCUT2D eigenvalue weighted by Crippen LogP contribution is -2.31. The first-order valence-electron chi connectivity index (χ1n) is 6.55. The van der Waals surface area contributed by atoms with Crippen molar-refractivity contribution in [3.63, 3.8) is 0 Å². The molecule has 1 amide bonds. The van der Waals surface area contributed by atoms with Crippen LogP contribution in [-0.2, 0) is 4.79 Å². The maximum Gasteiger partial charge on any atom is 0.222 e. The lowest BCUT2D eigenvalue weighted by Gasteiger charge is -2.18. The topological polar surface area (TPSA) is 35.6 Å². The van der Waals surface area contributed by atoms with E-state index in [0.29, 0.717) is 12.5 Å². The fourth-order valence-corrected chi connectivity index (χ4v) is 1.57. The molecular weight excluding hydrogens is 214 g/mol. The second-order valence-electron chi connectivity index (χ2n) is 5.18. The molecule has 0 heterocycles. The van der Waals surface area contributed by atoms with Gasteiger partial charge in [-0.2, -0.15) is 0 Å². The van der Waals surface area contributed by atoms with E-state index in [-0.39, 0.29) is 5.91 Å². The fourth-order valence-electron chi connectivity index (χ4n) is 1.57. The Morgan fingerprint density at radius 3 is 2.29 bits per heavy atom. The van der Waals surface area contributed by atoms with Gasteiger partial charge in [-0.1, -0.05) is 13.8 Å². The summed E-state index contributed by atoms with van der Waals surface area (Å²) in [5, 5.41) is 3.32. The predicted octanol–water partition coefficient (Wildman–Crippen LogP) is 1.17. The summed E-state index contributed by atoms with van der Waals surface area (Å²) in [6, 6.07) is 0.503. The van der Waals surface area contributed by atoms with Gasteiger partial charge in [0.15, 0.2) is 0 Å². The number of rotatable bonds is 9. The van der Waals surface area contributed by atoms with E-state index in [1.54, 1.807) is 0 Å². The molecule has 0 rings (SSSR count). The van der Waals surface area contributed by atoms with Gasteiger partial charge >= 0.3 is 0 Å². The molecule has 0 radical (unpaired) electrons. The Hall–Kier alpha value is -0.610. The minimum atomic E-state index is 0.259. The molecular formula is C13H29N3O. The number of nitrogens with zero attached hydrogens (tertiary/aromatic N) is 2. The standard InChI is InChI=1S/C13H29N3O/c1-12(2)14-9-6-8-13(17)16(5)11-7-10-15(3)4/h12,14H,6-11H2,1-5H3. The number of carbonyl (C=O) groups is 1. The molecule has 0 bridgehead atoms. The maximum atomic E-state index is 11.7. The summed E-state index contributed by atoms with van der Waals surface area (Å²) in [5.41, 5.74) is 0. The Bertz CT molecular complexity index is 205. The predicted molar refractivity (Wildman–Crippen MR) is 73.2 cm³/mol. The lowest BCUT2D eigenvalue weighted by molar-refractivity contribution is -0.130. The van der Waals surface area contributed by atoms with Crippen molar-refractivity contribution >= 4 is 5.91 Å². The van der Waals surface area contributed by atoms with Crippen LogP contribution in [0.2, 0.25) is 0 Å². The van der Waals surface area contributed by atoms with Gasteiger partial charge in [-0.25, -0.2) is 0 Å². The third-order valence-corrected chi connectivity index (χ3v) is 2.64. The molecule has 0 aliphatic heterocycles. The van der Waals surface area contributed by atoms with Crippen LogP contribution in [0.15, 0.2) is 0 Å². The molecule has 0 aromatic rings. The van der Waals surface area contributed by atoms with Crippen LogP contribution in [-0.4, -0.2) is 62.5 Å². The highest BCUT2D eigenvalue weighted by Gasteiger charge is 2.07. The van der Waals surface area contributed by atoms with Gasteiger partial charge in [0.25, 0.3) is 0 Å². The van der Waals surface area contributed by atoms with Gasteiger partial charge in [0, 0.05) is 26.1 Å². The van der Waals surface area contributed by atoms with Gasteiger partial charge in [0.2, 0.25) is 5.91 Å². The molecule has 4 nitrogen and oxygen atoms in total. The van der Waals surface area contributed by atoms with Crippen LogP contribution < -0.4 is 5.32 Å². The Morgan fingerprint density at radius 2 is 1.76 bits per heavy atom. The number of carbonyl (C=O) groups excluding carboxylic acids is 1. The third kappa shape index (κ3) is 10.3. The van der Waals surface area contributed by atoms with Crippen LogP contribution in [0.4, 0.5) is 0 Å². The molecule has 0 saturated heterocycles. The summed E-state index contributed by atoms with van der Waals surface area (Å²) in [5.74, 6) is 0.259. The Kier molecular flexibility index (Phi) is 9.09. The van der Waals surface area contributed by atoms with E-state index < -0.39 is 0 Å². The van der Waals surface area contributed by atoms with E-state index in [1.165, 1.54) is 0 Å². The summed E-state index contributed by atoms with van der Waals surface area (Å²) in [7, 11) is 6.01. The SMILES string of the molecule is CC(C)NCCCC(=O)N(C)CCCN(C)C. The van der Waals surface area contributed by atoms with E-state index in [1.807, 2.05) is 11.9 Å². The van der Waals surface area contributed by atoms with Gasteiger partial charge in [0.1, 0.15) is 0 Å². The van der Waals surface area contributed by atoms with Crippen molar-refractivity contribution in [3.8, 4) is 0 Å². The van der Waals surface area contributed by atoms with E-state index >= 15 is 0 Å². The summed E-state index contributed by atoms with van der Waals surface area (Å²) in [6.45, 7) is 7.06. The van der Waals surface area contributed by atoms with E-state index in [9.17, 15) is 4.79 Å². The Labute approximate surface area is 106 Å². The van der Waals surface area contributed by atoms with Crippen LogP contribution in [0.1, 0.15) is 33.1 Å². The number of hydrogen-bond acceptors (Lipinski definition) is 3. The molecule has 0 aromatic heterocycles. The maximum absolute atomic E-state index is 11.7. The highest BCUT2D eigenvalue weighted by atomic mass is 16.2. The molecule has 4 heteroatoms. The first-order chi connectivity index (χ1) is 7.93. The number of hydrogen-bond donors (Lipinski definition) is 1. The molecule has 0 aromatic carbocycles. The first-order valence-corrected chi connectivity index (χ1v) is 6.55. The monoisotopic (exact) mass is 243 g/mol. The number of nitrogens with one attached hydrogen (secondary N) is 1. The molecule has 102 valence electrons. The molecule has 1 N–H and O–H groups in total. The van der Waals surface area contributed by atoms with E-state index in [4.69, 9.17) is 0 Å². The minimum Gasteiger partial charge on any atom is -0.346 e. The van der Waals surface area contributed by atoms with Gasteiger partial charge in [-0.3, -0.25) is 4.79 Å². The second kappa shape index (κ2) is 9.42. The molecule has 0 saturated carbocycles. The molecule has 0 aliphatic rings. The van der Waals surface area contributed by atoms with Crippen molar-refractivity contribution in [2.24, 2.45) is 0 Å². The third-order valence-electron chi connectivity index (χ3n) is 2.64. The quantitative estimate of drug-likeness (QED) is 0.618. The highest BCUT2D eigenvalue weighted by Crippen LogP contribution is 1.97. The van der Waals surface area contributed by atoms with Crippen molar-refractivity contribution in [1.82, 2.24) is 15.1 Å². The van der Waals surface area contributed by atoms with Crippen LogP contribution >= 0.6 is 0 Å². The van der Waals surface area contributed by atoms with Gasteiger partial charge in [-0.05, 0) is 40.0 Å². The van der Waals surface area contributed by atoms with Crippen molar-refractivity contribution in [2.75, 3.05) is 40.8 Å². The first kappa shape index (κ1) is 16.4. The van der Waals surface area contributed by atoms with E-state index in [2.05, 4.69) is 38.2 Å². The smallest absolute Gasteiger partial charge is 0.222 e. The van der Waals surface area contributed by atoms with Crippen LogP contribution in [0.3, 0.4) is 0 Å². The zero-order chi connectivity index (χ0) is 13.3. The van der Waals surface area contributed by atoms with Crippen molar-refractivity contribution in [2.45, 2.75) is 39.2 Å². The normalized spacial score (nSPS) is 11.2. The minimum absolute atomic E-state index is 0.259. The van der Waals surface area contributed by atoms with Gasteiger partial charge in [-0.15, -0.1) is 0 Å². The zero-order valence-corrected chi connectivity index (χ0v) is 12.1. The van der Waals surface area contributed by atoms with Crippen molar-refractivity contribution in [3.05, 3.63) is 0 Å². The van der Waals surface area contributed by atoms with Crippen LogP contribution in [0, 0.1) is 0 Å². The Balaban J connectivity index is 3.53. The van der Waals surface area contributed by atoms with Crippen molar-refractivity contribution in [1.29, 1.82) is 0 Å². The average molecular weight is 243 g/mol. The van der Waals surface area contributed by atoms with Crippen LogP contribution in [0.25, 0.3) is 0 Å². The van der Waals surface area contributed by atoms with Gasteiger partial charge < -0.3 is 15.1 Å². The summed E-state index contributed by atoms with van der Waals surface area (Å²) in [6.07, 6.45) is 2.62. The molecule has 0 unspecified atom stereocenters. The zero-order valence-electron chi connectivity index (χ0n) is 12.1. The second-order valence-corrected chi connectivity index (χ2v) is 5.18. The highest BCUT2D eigenvalue weighted by molar-refractivity contribution is 5.75. The summed E-state index contributed by atoms with van der Waals surface area (Å²) < 4.78 is 0. The molecule has 17 heavy (non-hydrogen) atoms. The Morgan fingerprint density at radius 1 is 1.12 bits per heavy atom. The number of amides is 1. The van der Waals surface area contributed by atoms with Crippen LogP contribution in [0.5, 0.6) is 0 Å². The fraction of sp³-hybridized carbons (Fsp3) is 0.923. The lowest BCUT2D eigenvalue weighted by atomic mass is 10.2. The largest absolute Gasteiger partial charge is 0.346 e. The van der Waals surface area contributed by atoms with Gasteiger partial charge in [0.05, 0.1) is 0 Å². The molecule has 0 fully saturated rings. The van der Waals surface area contributed by atoms with Crippen molar-refractivity contribution < 1.29 is 4.79 Å². The summed E-state index contributed by atoms with van der Waals surface area (Å²) in [4.78, 5) is 15.7. The summed E-state index contributed by atoms with van der Waals surface area (Å²) >= 11 is 0. The molecule has 0 atom stereocenters. The molecule has 0 spiro atoms. The average Bonchev–Trinajstić information content (AvgIpc) is 2.23. The molecule has 0 aliphatic carbocycles. The van der Waals surface area contributed by atoms with E-state index in [0.717, 1.165) is 32.5 Å².